The molecule has 0 aliphatic rings. The first-order valence-electron chi connectivity index (χ1n) is 13.1. The molecule has 0 spiro atoms. The van der Waals surface area contributed by atoms with Gasteiger partial charge in [-0.2, -0.15) is 0 Å². The van der Waals surface area contributed by atoms with Crippen LogP contribution in [0.1, 0.15) is 25.0 Å². The Morgan fingerprint density at radius 1 is 0.590 bits per heavy atom. The molecule has 0 atom stereocenters. The van der Waals surface area contributed by atoms with Crippen molar-refractivity contribution in [3.63, 3.8) is 0 Å². The van der Waals surface area contributed by atoms with E-state index in [9.17, 15) is 8.78 Å². The van der Waals surface area contributed by atoms with Gasteiger partial charge in [-0.3, -0.25) is 0 Å². The zero-order chi connectivity index (χ0) is 27.5. The van der Waals surface area contributed by atoms with Crippen LogP contribution in [-0.4, -0.2) is 27.3 Å². The third-order valence-corrected chi connectivity index (χ3v) is 6.00. The number of anilines is 2. The highest BCUT2D eigenvalue weighted by Gasteiger charge is 2.21. The predicted octanol–water partition coefficient (Wildman–Crippen LogP) is 5.37. The highest BCUT2D eigenvalue weighted by molar-refractivity contribution is 6.71. The van der Waals surface area contributed by atoms with Crippen molar-refractivity contribution in [3.8, 4) is 0 Å². The van der Waals surface area contributed by atoms with Gasteiger partial charge in [0.05, 0.1) is 13.2 Å². The minimum absolute atomic E-state index is 0.282. The molecule has 0 aliphatic carbocycles. The molecule has 2 N–H and O–H groups in total. The molecule has 0 bridgehead atoms. The maximum absolute atomic E-state index is 13.3. The summed E-state index contributed by atoms with van der Waals surface area (Å²) in [4.78, 5) is 0. The van der Waals surface area contributed by atoms with Crippen LogP contribution < -0.4 is 21.4 Å². The summed E-state index contributed by atoms with van der Waals surface area (Å²) in [6.45, 7) is 5.77. The van der Waals surface area contributed by atoms with Gasteiger partial charge in [0, 0.05) is 24.6 Å². The number of ether oxygens (including phenoxy) is 1. The molecule has 0 saturated heterocycles. The third kappa shape index (κ3) is 8.68. The van der Waals surface area contributed by atoms with Crippen LogP contribution in [0.4, 0.5) is 20.2 Å². The van der Waals surface area contributed by atoms with Crippen LogP contribution in [0, 0.1) is 11.6 Å². The first kappa shape index (κ1) is 28.4. The van der Waals surface area contributed by atoms with E-state index >= 15 is 0 Å². The SMILES string of the molecule is CCOB(Nc1ccc(F)cc1)c1cccc(COCc2cccc(B(Nc3ccc(F)cc3)OCC)c2)c1. The molecule has 0 radical (unpaired) electrons. The van der Waals surface area contributed by atoms with Gasteiger partial charge in [0.15, 0.2) is 0 Å². The quantitative estimate of drug-likeness (QED) is 0.216. The van der Waals surface area contributed by atoms with Crippen molar-refractivity contribution in [2.45, 2.75) is 27.1 Å². The molecule has 0 aromatic heterocycles. The molecule has 4 aromatic carbocycles. The smallest absolute Gasteiger partial charge is 0.413 e. The minimum Gasteiger partial charge on any atom is -0.413 e. The fourth-order valence-electron chi connectivity index (χ4n) is 4.15. The van der Waals surface area contributed by atoms with E-state index in [-0.39, 0.29) is 25.7 Å². The Bertz CT molecular complexity index is 1210. The normalized spacial score (nSPS) is 10.8. The second-order valence-corrected chi connectivity index (χ2v) is 8.96. The zero-order valence-corrected chi connectivity index (χ0v) is 22.2. The molecular weight excluding hydrogens is 496 g/mol. The van der Waals surface area contributed by atoms with E-state index in [0.29, 0.717) is 26.4 Å². The van der Waals surface area contributed by atoms with Crippen LogP contribution in [0.2, 0.25) is 0 Å². The average molecular weight is 528 g/mol. The van der Waals surface area contributed by atoms with Gasteiger partial charge < -0.3 is 24.5 Å². The van der Waals surface area contributed by atoms with E-state index in [1.54, 1.807) is 24.3 Å². The van der Waals surface area contributed by atoms with Crippen molar-refractivity contribution in [1.82, 2.24) is 0 Å². The summed E-state index contributed by atoms with van der Waals surface area (Å²) in [5.41, 5.74) is 5.48. The monoisotopic (exact) mass is 528 g/mol. The van der Waals surface area contributed by atoms with Gasteiger partial charge in [0.1, 0.15) is 11.6 Å². The first-order valence-corrected chi connectivity index (χ1v) is 13.1. The van der Waals surface area contributed by atoms with Crippen molar-refractivity contribution < 1.29 is 22.8 Å². The molecule has 39 heavy (non-hydrogen) atoms. The summed E-state index contributed by atoms with van der Waals surface area (Å²) in [7, 11) is -0.748. The van der Waals surface area contributed by atoms with Crippen molar-refractivity contribution in [2.75, 3.05) is 23.7 Å². The van der Waals surface area contributed by atoms with Gasteiger partial charge in [0.2, 0.25) is 0 Å². The van der Waals surface area contributed by atoms with Crippen LogP contribution in [0.15, 0.2) is 97.1 Å². The van der Waals surface area contributed by atoms with Gasteiger partial charge in [0.25, 0.3) is 0 Å². The van der Waals surface area contributed by atoms with Crippen LogP contribution in [-0.2, 0) is 27.3 Å². The molecule has 0 heterocycles. The minimum atomic E-state index is -0.374. The van der Waals surface area contributed by atoms with Gasteiger partial charge in [-0.1, -0.05) is 48.5 Å². The van der Waals surface area contributed by atoms with Crippen LogP contribution in [0.25, 0.3) is 0 Å². The van der Waals surface area contributed by atoms with Gasteiger partial charge in [-0.15, -0.1) is 0 Å². The second-order valence-electron chi connectivity index (χ2n) is 8.96. The lowest BCUT2D eigenvalue weighted by Gasteiger charge is -2.17. The number of benzene rings is 4. The van der Waals surface area contributed by atoms with Crippen LogP contribution in [0.3, 0.4) is 0 Å². The van der Waals surface area contributed by atoms with Gasteiger partial charge in [-0.25, -0.2) is 8.78 Å². The van der Waals surface area contributed by atoms with Crippen LogP contribution in [0.5, 0.6) is 0 Å². The fourth-order valence-corrected chi connectivity index (χ4v) is 4.15. The molecule has 4 aromatic rings. The van der Waals surface area contributed by atoms with E-state index < -0.39 is 0 Å². The number of rotatable bonds is 14. The summed E-state index contributed by atoms with van der Waals surface area (Å²) < 4.78 is 44.5. The molecule has 0 unspecified atom stereocenters. The lowest BCUT2D eigenvalue weighted by Crippen LogP contribution is -2.42. The Balaban J connectivity index is 1.37. The Morgan fingerprint density at radius 3 is 1.38 bits per heavy atom. The molecule has 5 nitrogen and oxygen atoms in total. The summed E-state index contributed by atoms with van der Waals surface area (Å²) in [6.07, 6.45) is 0. The average Bonchev–Trinajstić information content (AvgIpc) is 2.95. The molecule has 0 amide bonds. The van der Waals surface area contributed by atoms with E-state index in [2.05, 4.69) is 10.5 Å². The molecule has 9 heteroatoms. The lowest BCUT2D eigenvalue weighted by molar-refractivity contribution is 0.107. The topological polar surface area (TPSA) is 51.8 Å². The predicted molar refractivity (Wildman–Crippen MR) is 155 cm³/mol. The molecular formula is C30H32B2F2N2O3. The maximum Gasteiger partial charge on any atom is 0.449 e. The highest BCUT2D eigenvalue weighted by Crippen LogP contribution is 2.12. The van der Waals surface area contributed by atoms with Crippen molar-refractivity contribution in [2.24, 2.45) is 0 Å². The van der Waals surface area contributed by atoms with Crippen molar-refractivity contribution in [3.05, 3.63) is 120 Å². The number of nitrogens with one attached hydrogen (secondary N) is 2. The summed E-state index contributed by atoms with van der Waals surface area (Å²) in [5, 5.41) is 6.63. The van der Waals surface area contributed by atoms with Crippen molar-refractivity contribution in [1.29, 1.82) is 0 Å². The molecule has 0 fully saturated rings. The Hall–Kier alpha value is -3.65. The van der Waals surface area contributed by atoms with E-state index in [4.69, 9.17) is 14.0 Å². The van der Waals surface area contributed by atoms with E-state index in [1.807, 2.05) is 62.4 Å². The van der Waals surface area contributed by atoms with Gasteiger partial charge >= 0.3 is 14.1 Å². The van der Waals surface area contributed by atoms with E-state index in [0.717, 1.165) is 33.4 Å². The lowest BCUT2D eigenvalue weighted by atomic mass is 9.72. The number of halogens is 2. The largest absolute Gasteiger partial charge is 0.449 e. The highest BCUT2D eigenvalue weighted by atomic mass is 19.1. The van der Waals surface area contributed by atoms with Crippen molar-refractivity contribution >= 4 is 36.4 Å². The molecule has 0 aliphatic heterocycles. The Morgan fingerprint density at radius 2 is 1.00 bits per heavy atom. The fraction of sp³-hybridized carbons (Fsp3) is 0.200. The Kier molecular flexibility index (Phi) is 10.5. The summed E-state index contributed by atoms with van der Waals surface area (Å²) >= 11 is 0. The number of hydrogen-bond donors (Lipinski definition) is 2. The van der Waals surface area contributed by atoms with Crippen LogP contribution >= 0.6 is 0 Å². The number of hydrogen-bond acceptors (Lipinski definition) is 5. The standard InChI is InChI=1S/C30H32B2F2N2O3/c1-3-38-31(35-29-15-11-27(33)12-16-29)25-9-5-7-23(19-25)21-37-22-24-8-6-10-26(20-24)32(39-4-2)36-30-17-13-28(34)14-18-30/h5-20,35-36H,3-4,21-22H2,1-2H3. The second kappa shape index (κ2) is 14.5. The molecule has 4 rings (SSSR count). The van der Waals surface area contributed by atoms with Gasteiger partial charge in [-0.05, 0) is 84.4 Å². The van der Waals surface area contributed by atoms with E-state index in [1.165, 1.54) is 24.3 Å². The summed E-state index contributed by atoms with van der Waals surface area (Å²) in [6, 6.07) is 28.5. The first-order chi connectivity index (χ1) is 19.0. The maximum atomic E-state index is 13.3. The molecule has 200 valence electrons. The zero-order valence-electron chi connectivity index (χ0n) is 22.2. The molecule has 0 saturated carbocycles. The third-order valence-electron chi connectivity index (χ3n) is 6.00. The Labute approximate surface area is 229 Å². The summed E-state index contributed by atoms with van der Waals surface area (Å²) in [5.74, 6) is -0.563.